The van der Waals surface area contributed by atoms with E-state index in [1.807, 2.05) is 32.9 Å². The van der Waals surface area contributed by atoms with E-state index in [9.17, 15) is 13.2 Å². The summed E-state index contributed by atoms with van der Waals surface area (Å²) in [6, 6.07) is 15.1. The molecule has 0 atom stereocenters. The third kappa shape index (κ3) is 6.04. The third-order valence-corrected chi connectivity index (χ3v) is 6.48. The van der Waals surface area contributed by atoms with Crippen molar-refractivity contribution in [3.05, 3.63) is 76.9 Å². The highest BCUT2D eigenvalue weighted by Gasteiger charge is 2.17. The van der Waals surface area contributed by atoms with Crippen LogP contribution < -0.4 is 19.5 Å². The van der Waals surface area contributed by atoms with Crippen molar-refractivity contribution in [3.8, 4) is 11.5 Å². The number of carbonyl (C=O) groups excluding carboxylic acids is 1. The third-order valence-electron chi connectivity index (χ3n) is 5.10. The Kier molecular flexibility index (Phi) is 7.28. The van der Waals surface area contributed by atoms with Crippen molar-refractivity contribution in [3.63, 3.8) is 0 Å². The van der Waals surface area contributed by atoms with Gasteiger partial charge in [-0.25, -0.2) is 8.42 Å². The summed E-state index contributed by atoms with van der Waals surface area (Å²) in [6.07, 6.45) is 0. The topological polar surface area (TPSA) is 93.7 Å². The minimum atomic E-state index is -3.78. The Morgan fingerprint density at radius 3 is 2.09 bits per heavy atom. The van der Waals surface area contributed by atoms with E-state index in [2.05, 4.69) is 10.0 Å². The molecule has 3 aromatic carbocycles. The van der Waals surface area contributed by atoms with Gasteiger partial charge in [0.05, 0.1) is 12.0 Å². The Hall–Kier alpha value is -3.52. The number of anilines is 2. The highest BCUT2D eigenvalue weighted by atomic mass is 32.2. The van der Waals surface area contributed by atoms with Crippen molar-refractivity contribution in [1.82, 2.24) is 0 Å². The lowest BCUT2D eigenvalue weighted by atomic mass is 10.1. The van der Waals surface area contributed by atoms with E-state index in [0.717, 1.165) is 22.4 Å². The van der Waals surface area contributed by atoms with E-state index in [1.54, 1.807) is 44.4 Å². The van der Waals surface area contributed by atoms with E-state index in [-0.39, 0.29) is 17.4 Å². The number of sulfonamides is 1. The van der Waals surface area contributed by atoms with Crippen molar-refractivity contribution in [2.45, 2.75) is 32.6 Å². The van der Waals surface area contributed by atoms with Crippen LogP contribution in [0, 0.1) is 27.7 Å². The SMILES string of the molecule is COc1ccc(NS(=O)(=O)c2ccc(OCC(=O)Nc3c(C)cc(C)cc3C)c(C)c2)cc1. The van der Waals surface area contributed by atoms with Gasteiger partial charge in [0, 0.05) is 11.4 Å². The molecule has 0 aromatic heterocycles. The average Bonchev–Trinajstić information content (AvgIpc) is 2.75. The molecule has 0 radical (unpaired) electrons. The van der Waals surface area contributed by atoms with Crippen molar-refractivity contribution in [1.29, 1.82) is 0 Å². The number of rotatable bonds is 8. The van der Waals surface area contributed by atoms with Gasteiger partial charge < -0.3 is 14.8 Å². The summed E-state index contributed by atoms with van der Waals surface area (Å²) in [4.78, 5) is 12.5. The van der Waals surface area contributed by atoms with Crippen LogP contribution in [0.25, 0.3) is 0 Å². The van der Waals surface area contributed by atoms with Crippen LogP contribution in [0.2, 0.25) is 0 Å². The molecule has 7 nitrogen and oxygen atoms in total. The number of benzene rings is 3. The molecule has 2 N–H and O–H groups in total. The van der Waals surface area contributed by atoms with Gasteiger partial charge in [-0.15, -0.1) is 0 Å². The number of nitrogens with one attached hydrogen (secondary N) is 2. The van der Waals surface area contributed by atoms with E-state index in [4.69, 9.17) is 9.47 Å². The molecule has 0 aliphatic carbocycles. The van der Waals surface area contributed by atoms with Crippen LogP contribution in [-0.2, 0) is 14.8 Å². The quantitative estimate of drug-likeness (QED) is 0.498. The lowest BCUT2D eigenvalue weighted by Gasteiger charge is -2.14. The number of aryl methyl sites for hydroxylation is 4. The van der Waals surface area contributed by atoms with Crippen LogP contribution in [0.3, 0.4) is 0 Å². The van der Waals surface area contributed by atoms with Gasteiger partial charge in [0.15, 0.2) is 6.61 Å². The molecular weight excluding hydrogens is 440 g/mol. The van der Waals surface area contributed by atoms with E-state index in [0.29, 0.717) is 22.7 Å². The molecule has 0 unspecified atom stereocenters. The summed E-state index contributed by atoms with van der Waals surface area (Å²) >= 11 is 0. The molecule has 33 heavy (non-hydrogen) atoms. The van der Waals surface area contributed by atoms with Gasteiger partial charge in [-0.1, -0.05) is 17.7 Å². The molecule has 1 amide bonds. The number of methoxy groups -OCH3 is 1. The summed E-state index contributed by atoms with van der Waals surface area (Å²) in [5.74, 6) is 0.778. The first-order chi connectivity index (χ1) is 15.6. The largest absolute Gasteiger partial charge is 0.497 e. The Labute approximate surface area is 194 Å². The molecule has 0 heterocycles. The van der Waals surface area contributed by atoms with Crippen LogP contribution >= 0.6 is 0 Å². The highest BCUT2D eigenvalue weighted by Crippen LogP contribution is 2.25. The predicted octanol–water partition coefficient (Wildman–Crippen LogP) is 4.75. The second-order valence-corrected chi connectivity index (χ2v) is 9.55. The fourth-order valence-corrected chi connectivity index (χ4v) is 4.66. The fraction of sp³-hybridized carbons (Fsp3) is 0.240. The first-order valence-electron chi connectivity index (χ1n) is 10.4. The smallest absolute Gasteiger partial charge is 0.262 e. The number of hydrogen-bond donors (Lipinski definition) is 2. The molecule has 174 valence electrons. The van der Waals surface area contributed by atoms with Crippen LogP contribution in [0.15, 0.2) is 59.5 Å². The van der Waals surface area contributed by atoms with Gasteiger partial charge in [0.1, 0.15) is 11.5 Å². The number of amides is 1. The molecule has 0 aliphatic heterocycles. The maximum atomic E-state index is 12.7. The molecule has 0 fully saturated rings. The molecule has 0 saturated heterocycles. The minimum absolute atomic E-state index is 0.0959. The summed E-state index contributed by atoms with van der Waals surface area (Å²) in [5.41, 5.74) is 4.89. The Bertz CT molecular complexity index is 1250. The molecule has 0 bridgehead atoms. The molecule has 0 aliphatic rings. The second kappa shape index (κ2) is 9.95. The Morgan fingerprint density at radius 1 is 0.879 bits per heavy atom. The highest BCUT2D eigenvalue weighted by molar-refractivity contribution is 7.92. The lowest BCUT2D eigenvalue weighted by molar-refractivity contribution is -0.118. The maximum Gasteiger partial charge on any atom is 0.262 e. The van der Waals surface area contributed by atoms with Crippen LogP contribution in [0.4, 0.5) is 11.4 Å². The second-order valence-electron chi connectivity index (χ2n) is 7.87. The van der Waals surface area contributed by atoms with Crippen molar-refractivity contribution >= 4 is 27.3 Å². The van der Waals surface area contributed by atoms with E-state index >= 15 is 0 Å². The van der Waals surface area contributed by atoms with Crippen LogP contribution in [-0.4, -0.2) is 28.0 Å². The Balaban J connectivity index is 1.65. The van der Waals surface area contributed by atoms with Crippen LogP contribution in [0.1, 0.15) is 22.3 Å². The zero-order chi connectivity index (χ0) is 24.2. The normalized spacial score (nSPS) is 11.1. The lowest BCUT2D eigenvalue weighted by Crippen LogP contribution is -2.21. The molecule has 3 rings (SSSR count). The van der Waals surface area contributed by atoms with Gasteiger partial charge in [-0.3, -0.25) is 9.52 Å². The fourth-order valence-electron chi connectivity index (χ4n) is 3.52. The van der Waals surface area contributed by atoms with Gasteiger partial charge in [0.25, 0.3) is 15.9 Å². The first kappa shape index (κ1) is 24.1. The zero-order valence-corrected chi connectivity index (χ0v) is 20.2. The Morgan fingerprint density at radius 2 is 1.52 bits per heavy atom. The van der Waals surface area contributed by atoms with Crippen molar-refractivity contribution in [2.24, 2.45) is 0 Å². The maximum absolute atomic E-state index is 12.7. The summed E-state index contributed by atoms with van der Waals surface area (Å²) in [7, 11) is -2.24. The van der Waals surface area contributed by atoms with Gasteiger partial charge in [-0.2, -0.15) is 0 Å². The van der Waals surface area contributed by atoms with Crippen LogP contribution in [0.5, 0.6) is 11.5 Å². The van der Waals surface area contributed by atoms with Gasteiger partial charge in [0.2, 0.25) is 0 Å². The van der Waals surface area contributed by atoms with Crippen molar-refractivity contribution < 1.29 is 22.7 Å². The van der Waals surface area contributed by atoms with E-state index < -0.39 is 10.0 Å². The average molecular weight is 469 g/mol. The van der Waals surface area contributed by atoms with Gasteiger partial charge in [-0.05, 0) is 86.8 Å². The number of ether oxygens (including phenoxy) is 2. The summed E-state index contributed by atoms with van der Waals surface area (Å²) < 4.78 is 38.7. The summed E-state index contributed by atoms with van der Waals surface area (Å²) in [5, 5.41) is 2.89. The van der Waals surface area contributed by atoms with Gasteiger partial charge >= 0.3 is 0 Å². The first-order valence-corrected chi connectivity index (χ1v) is 11.9. The number of hydrogen-bond acceptors (Lipinski definition) is 5. The van der Waals surface area contributed by atoms with E-state index in [1.165, 1.54) is 12.1 Å². The summed E-state index contributed by atoms with van der Waals surface area (Å²) in [6.45, 7) is 7.44. The van der Waals surface area contributed by atoms with Crippen molar-refractivity contribution in [2.75, 3.05) is 23.8 Å². The molecular formula is C25H28N2O5S. The molecule has 0 saturated carbocycles. The zero-order valence-electron chi connectivity index (χ0n) is 19.4. The minimum Gasteiger partial charge on any atom is -0.497 e. The predicted molar refractivity (Wildman–Crippen MR) is 130 cm³/mol. The molecule has 0 spiro atoms. The molecule has 3 aromatic rings. The standard InChI is InChI=1S/C25H28N2O5S/c1-16-12-18(3)25(19(4)13-16)26-24(28)15-32-23-11-10-22(14-17(23)2)33(29,30)27-20-6-8-21(31-5)9-7-20/h6-14,27H,15H2,1-5H3,(H,26,28). The number of carbonyl (C=O) groups is 1. The monoisotopic (exact) mass is 468 g/mol. The molecule has 8 heteroatoms.